The lowest BCUT2D eigenvalue weighted by atomic mass is 10.0. The lowest BCUT2D eigenvalue weighted by Gasteiger charge is -2.11. The number of carbonyl (C=O) groups excluding carboxylic acids is 1. The molecule has 0 spiro atoms. The highest BCUT2D eigenvalue weighted by atomic mass is 32.1. The molecule has 1 amide bonds. The Morgan fingerprint density at radius 1 is 1.27 bits per heavy atom. The van der Waals surface area contributed by atoms with Crippen LogP contribution in [0.5, 0.6) is 0 Å². The zero-order valence-corrected chi connectivity index (χ0v) is 13.9. The molecule has 1 saturated carbocycles. The Morgan fingerprint density at radius 3 is 2.50 bits per heavy atom. The minimum absolute atomic E-state index is 0.0684. The Kier molecular flexibility index (Phi) is 3.91. The van der Waals surface area contributed by atoms with Gasteiger partial charge in [0.2, 0.25) is 0 Å². The number of aryl methyl sites for hydroxylation is 2. The van der Waals surface area contributed by atoms with E-state index < -0.39 is 0 Å². The second-order valence-corrected chi connectivity index (χ2v) is 6.95. The van der Waals surface area contributed by atoms with Crippen LogP contribution >= 0.6 is 11.3 Å². The van der Waals surface area contributed by atoms with Gasteiger partial charge in [0.1, 0.15) is 4.88 Å². The number of hydrogen-bond donors (Lipinski definition) is 1. The third kappa shape index (κ3) is 2.86. The highest BCUT2D eigenvalue weighted by Crippen LogP contribution is 2.22. The molecule has 1 aliphatic carbocycles. The van der Waals surface area contributed by atoms with Gasteiger partial charge in [0.05, 0.1) is 6.54 Å². The van der Waals surface area contributed by atoms with E-state index >= 15 is 0 Å². The molecule has 2 aromatic rings. The summed E-state index contributed by atoms with van der Waals surface area (Å²) in [6.45, 7) is 6.48. The number of rotatable bonds is 4. The monoisotopic (exact) mass is 316 g/mol. The molecular weight excluding hydrogens is 296 g/mol. The average molecular weight is 316 g/mol. The van der Waals surface area contributed by atoms with Crippen LogP contribution in [0.4, 0.5) is 0 Å². The molecule has 0 unspecified atom stereocenters. The van der Waals surface area contributed by atoms with E-state index in [4.69, 9.17) is 0 Å². The lowest BCUT2D eigenvalue weighted by molar-refractivity contribution is 0.0954. The fourth-order valence-corrected chi connectivity index (χ4v) is 3.50. The Balaban J connectivity index is 1.93. The Hall–Kier alpha value is -1.88. The molecule has 1 aliphatic rings. The van der Waals surface area contributed by atoms with Crippen molar-refractivity contribution in [1.29, 1.82) is 0 Å². The van der Waals surface area contributed by atoms with Crippen LogP contribution in [-0.4, -0.2) is 16.5 Å². The first kappa shape index (κ1) is 15.0. The van der Waals surface area contributed by atoms with E-state index in [0.717, 1.165) is 35.4 Å². The normalized spacial score (nSPS) is 14.1. The van der Waals surface area contributed by atoms with Crippen molar-refractivity contribution in [2.75, 3.05) is 0 Å². The van der Waals surface area contributed by atoms with Crippen molar-refractivity contribution in [2.45, 2.75) is 46.2 Å². The smallest absolute Gasteiger partial charge is 0.308 e. The number of benzene rings is 1. The van der Waals surface area contributed by atoms with Crippen molar-refractivity contribution in [2.24, 2.45) is 0 Å². The summed E-state index contributed by atoms with van der Waals surface area (Å²) in [5.41, 5.74) is 4.25. The van der Waals surface area contributed by atoms with Gasteiger partial charge in [0, 0.05) is 11.7 Å². The van der Waals surface area contributed by atoms with Crippen LogP contribution in [0.3, 0.4) is 0 Å². The van der Waals surface area contributed by atoms with E-state index in [1.165, 1.54) is 11.1 Å². The topological polar surface area (TPSA) is 51.1 Å². The minimum Gasteiger partial charge on any atom is -0.349 e. The predicted molar refractivity (Wildman–Crippen MR) is 88.8 cm³/mol. The van der Waals surface area contributed by atoms with Crippen LogP contribution in [0, 0.1) is 20.8 Å². The number of thiazole rings is 1. The van der Waals surface area contributed by atoms with Gasteiger partial charge >= 0.3 is 4.87 Å². The number of amides is 1. The lowest BCUT2D eigenvalue weighted by Crippen LogP contribution is -2.25. The molecule has 1 heterocycles. The van der Waals surface area contributed by atoms with E-state index in [9.17, 15) is 9.59 Å². The van der Waals surface area contributed by atoms with Gasteiger partial charge in [-0.1, -0.05) is 29.5 Å². The molecule has 22 heavy (non-hydrogen) atoms. The number of nitrogens with one attached hydrogen (secondary N) is 1. The van der Waals surface area contributed by atoms with E-state index in [0.29, 0.717) is 17.5 Å². The third-order valence-corrected chi connectivity index (χ3v) is 5.30. The number of aromatic nitrogens is 1. The largest absolute Gasteiger partial charge is 0.349 e. The first-order valence-corrected chi connectivity index (χ1v) is 8.35. The molecule has 0 radical (unpaired) electrons. The summed E-state index contributed by atoms with van der Waals surface area (Å²) in [6, 6.07) is 6.42. The van der Waals surface area contributed by atoms with Crippen LogP contribution in [0.1, 0.15) is 44.9 Å². The summed E-state index contributed by atoms with van der Waals surface area (Å²) < 4.78 is 1.71. The quantitative estimate of drug-likeness (QED) is 0.943. The summed E-state index contributed by atoms with van der Waals surface area (Å²) in [5.74, 6) is -0.109. The van der Waals surface area contributed by atoms with Crippen molar-refractivity contribution in [3.63, 3.8) is 0 Å². The molecule has 0 atom stereocenters. The van der Waals surface area contributed by atoms with Crippen molar-refractivity contribution >= 4 is 17.2 Å². The Morgan fingerprint density at radius 2 is 1.91 bits per heavy atom. The fourth-order valence-electron chi connectivity index (χ4n) is 2.60. The highest BCUT2D eigenvalue weighted by molar-refractivity contribution is 7.11. The fraction of sp³-hybridized carbons (Fsp3) is 0.412. The van der Waals surface area contributed by atoms with Crippen LogP contribution in [-0.2, 0) is 6.54 Å². The van der Waals surface area contributed by atoms with Crippen LogP contribution in [0.15, 0.2) is 23.0 Å². The van der Waals surface area contributed by atoms with Crippen molar-refractivity contribution in [3.05, 3.63) is 55.1 Å². The van der Waals surface area contributed by atoms with Gasteiger partial charge in [-0.05, 0) is 50.3 Å². The van der Waals surface area contributed by atoms with Gasteiger partial charge in [0.15, 0.2) is 0 Å². The van der Waals surface area contributed by atoms with Gasteiger partial charge in [0.25, 0.3) is 5.91 Å². The maximum atomic E-state index is 12.3. The summed E-state index contributed by atoms with van der Waals surface area (Å²) in [6.07, 6.45) is 2.09. The first-order valence-electron chi connectivity index (χ1n) is 7.53. The molecule has 5 heteroatoms. The maximum absolute atomic E-state index is 12.3. The zero-order chi connectivity index (χ0) is 15.9. The van der Waals surface area contributed by atoms with Crippen molar-refractivity contribution < 1.29 is 4.79 Å². The third-order valence-electron chi connectivity index (χ3n) is 4.22. The van der Waals surface area contributed by atoms with Crippen LogP contribution < -0.4 is 10.2 Å². The molecular formula is C17H20N2O2S. The SMILES string of the molecule is Cc1cccc(C)c1Cn1c(C)c(C(=O)NC2CC2)sc1=O. The molecule has 1 aromatic carbocycles. The van der Waals surface area contributed by atoms with E-state index in [1.54, 1.807) is 4.57 Å². The van der Waals surface area contributed by atoms with Gasteiger partial charge in [-0.25, -0.2) is 0 Å². The molecule has 1 fully saturated rings. The molecule has 116 valence electrons. The molecule has 0 saturated heterocycles. The summed E-state index contributed by atoms with van der Waals surface area (Å²) in [5, 5.41) is 2.96. The van der Waals surface area contributed by atoms with Gasteiger partial charge in [-0.3, -0.25) is 14.2 Å². The number of hydrogen-bond acceptors (Lipinski definition) is 3. The second-order valence-electron chi connectivity index (χ2n) is 5.99. The van der Waals surface area contributed by atoms with Crippen LogP contribution in [0.25, 0.3) is 0 Å². The Bertz CT molecular complexity index is 764. The second kappa shape index (κ2) is 5.72. The van der Waals surface area contributed by atoms with Crippen molar-refractivity contribution in [3.8, 4) is 0 Å². The van der Waals surface area contributed by atoms with Gasteiger partial charge in [-0.15, -0.1) is 0 Å². The highest BCUT2D eigenvalue weighted by Gasteiger charge is 2.26. The summed E-state index contributed by atoms with van der Waals surface area (Å²) in [4.78, 5) is 25.0. The first-order chi connectivity index (χ1) is 10.5. The summed E-state index contributed by atoms with van der Waals surface area (Å²) >= 11 is 1.05. The maximum Gasteiger partial charge on any atom is 0.308 e. The minimum atomic E-state index is -0.109. The van der Waals surface area contributed by atoms with E-state index in [-0.39, 0.29) is 10.8 Å². The molecule has 3 rings (SSSR count). The van der Waals surface area contributed by atoms with Crippen LogP contribution in [0.2, 0.25) is 0 Å². The summed E-state index contributed by atoms with van der Waals surface area (Å²) in [7, 11) is 0. The predicted octanol–water partition coefficient (Wildman–Crippen LogP) is 2.78. The van der Waals surface area contributed by atoms with E-state index in [2.05, 4.69) is 31.3 Å². The standard InChI is InChI=1S/C17H20N2O2S/c1-10-5-4-6-11(2)14(10)9-19-12(3)15(22-17(19)21)16(20)18-13-7-8-13/h4-6,13H,7-9H2,1-3H3,(H,18,20). The molecule has 0 bridgehead atoms. The zero-order valence-electron chi connectivity index (χ0n) is 13.1. The average Bonchev–Trinajstić information content (AvgIpc) is 3.22. The molecule has 1 aromatic heterocycles. The Labute approximate surface area is 133 Å². The van der Waals surface area contributed by atoms with E-state index in [1.807, 2.05) is 13.0 Å². The van der Waals surface area contributed by atoms with Gasteiger partial charge in [-0.2, -0.15) is 0 Å². The van der Waals surface area contributed by atoms with Gasteiger partial charge < -0.3 is 5.32 Å². The molecule has 1 N–H and O–H groups in total. The molecule has 0 aliphatic heterocycles. The molecule has 4 nitrogen and oxygen atoms in total. The van der Waals surface area contributed by atoms with Crippen molar-refractivity contribution in [1.82, 2.24) is 9.88 Å². The number of nitrogens with zero attached hydrogens (tertiary/aromatic N) is 1. The number of carbonyl (C=O) groups is 1.